The molecule has 2 aromatic carbocycles. The van der Waals surface area contributed by atoms with Crippen molar-refractivity contribution in [1.29, 1.82) is 0 Å². The summed E-state index contributed by atoms with van der Waals surface area (Å²) in [6, 6.07) is 14.1. The highest BCUT2D eigenvalue weighted by molar-refractivity contribution is 6.03. The van der Waals surface area contributed by atoms with Crippen molar-refractivity contribution in [2.45, 2.75) is 112 Å². The van der Waals surface area contributed by atoms with Crippen molar-refractivity contribution in [2.24, 2.45) is 5.41 Å². The van der Waals surface area contributed by atoms with E-state index in [9.17, 15) is 14.4 Å². The van der Waals surface area contributed by atoms with E-state index in [4.69, 9.17) is 14.2 Å². The normalized spacial score (nSPS) is 15.1. The number of rotatable bonds is 16. The van der Waals surface area contributed by atoms with Crippen molar-refractivity contribution in [3.05, 3.63) is 70.8 Å². The van der Waals surface area contributed by atoms with Crippen LogP contribution in [0.5, 0.6) is 0 Å². The maximum absolute atomic E-state index is 13.7. The van der Waals surface area contributed by atoms with Crippen LogP contribution in [0, 0.1) is 5.41 Å². The molecule has 0 spiro atoms. The second-order valence-corrected chi connectivity index (χ2v) is 12.4. The maximum Gasteiger partial charge on any atom is 0.338 e. The van der Waals surface area contributed by atoms with Crippen LogP contribution in [0.25, 0.3) is 0 Å². The average Bonchev–Trinajstić information content (AvgIpc) is 2.98. The van der Waals surface area contributed by atoms with Gasteiger partial charge in [0, 0.05) is 16.5 Å². The molecular formula is C35H50O6. The van der Waals surface area contributed by atoms with Crippen molar-refractivity contribution in [3.63, 3.8) is 0 Å². The second-order valence-electron chi connectivity index (χ2n) is 12.4. The van der Waals surface area contributed by atoms with Gasteiger partial charge in [0.2, 0.25) is 0 Å². The van der Waals surface area contributed by atoms with Gasteiger partial charge in [-0.05, 0) is 71.1 Å². The Bertz CT molecular complexity index is 1180. The highest BCUT2D eigenvalue weighted by atomic mass is 16.6. The third-order valence-corrected chi connectivity index (χ3v) is 8.58. The molecule has 0 saturated carbocycles. The second kappa shape index (κ2) is 13.9. The summed E-state index contributed by atoms with van der Waals surface area (Å²) in [5, 5.41) is 0. The van der Waals surface area contributed by atoms with Gasteiger partial charge in [-0.3, -0.25) is 9.59 Å². The Kier molecular flexibility index (Phi) is 11.6. The van der Waals surface area contributed by atoms with Crippen LogP contribution in [0.1, 0.15) is 132 Å². The van der Waals surface area contributed by atoms with Gasteiger partial charge in [0.15, 0.2) is 11.6 Å². The first-order chi connectivity index (χ1) is 19.1. The molecule has 2 rings (SSSR count). The van der Waals surface area contributed by atoms with Crippen molar-refractivity contribution in [2.75, 3.05) is 13.2 Å². The average molecular weight is 567 g/mol. The quantitative estimate of drug-likeness (QED) is 0.115. The van der Waals surface area contributed by atoms with Crippen LogP contribution in [0.4, 0.5) is 0 Å². The Morgan fingerprint density at radius 2 is 1.12 bits per heavy atom. The number of benzene rings is 2. The van der Waals surface area contributed by atoms with Crippen LogP contribution < -0.4 is 0 Å². The highest BCUT2D eigenvalue weighted by Crippen LogP contribution is 2.37. The summed E-state index contributed by atoms with van der Waals surface area (Å²) in [6.45, 7) is 20.2. The number of esters is 1. The molecule has 0 amide bonds. The SMILES string of the molecule is CCC(C)(C)OCCOC(=O)c1ccc(C(=O)C(C)(CC)OC(C)(CC)c2ccc(C(=O)C(C)(C)CC)cc2)cc1. The van der Waals surface area contributed by atoms with E-state index < -0.39 is 22.6 Å². The van der Waals surface area contributed by atoms with Gasteiger partial charge < -0.3 is 14.2 Å². The predicted molar refractivity (Wildman–Crippen MR) is 164 cm³/mol. The third-order valence-electron chi connectivity index (χ3n) is 8.58. The first kappa shape index (κ1) is 34.4. The molecule has 6 nitrogen and oxygen atoms in total. The molecule has 0 radical (unpaired) electrons. The van der Waals surface area contributed by atoms with E-state index in [2.05, 4.69) is 0 Å². The standard InChI is InChI=1S/C35H50O6/c1-11-32(5,6)29(36)25-19-21-28(22-20-25)34(9,13-3)41-35(10,14-4)30(37)26-15-17-27(18-16-26)31(38)39-23-24-40-33(7,8)12-2/h15-22H,11-14,23-24H2,1-10H3. The fourth-order valence-corrected chi connectivity index (χ4v) is 4.34. The van der Waals surface area contributed by atoms with Crippen LogP contribution in [0.2, 0.25) is 0 Å². The van der Waals surface area contributed by atoms with Gasteiger partial charge in [-0.1, -0.05) is 77.9 Å². The van der Waals surface area contributed by atoms with E-state index in [-0.39, 0.29) is 23.8 Å². The molecular weight excluding hydrogens is 516 g/mol. The number of ether oxygens (including phenoxy) is 3. The molecule has 0 aliphatic heterocycles. The van der Waals surface area contributed by atoms with Gasteiger partial charge >= 0.3 is 5.97 Å². The molecule has 2 aromatic rings. The monoisotopic (exact) mass is 566 g/mol. The zero-order valence-electron chi connectivity index (χ0n) is 26.8. The fourth-order valence-electron chi connectivity index (χ4n) is 4.34. The molecule has 0 N–H and O–H groups in total. The minimum atomic E-state index is -1.10. The molecule has 0 heterocycles. The zero-order chi connectivity index (χ0) is 31.1. The van der Waals surface area contributed by atoms with Crippen molar-refractivity contribution in [3.8, 4) is 0 Å². The van der Waals surface area contributed by atoms with E-state index in [0.29, 0.717) is 36.1 Å². The number of carbonyl (C=O) groups excluding carboxylic acids is 3. The van der Waals surface area contributed by atoms with Crippen LogP contribution >= 0.6 is 0 Å². The molecule has 6 heteroatoms. The number of Topliss-reactive ketones (excluding diaryl/α,β-unsaturated/α-hetero) is 2. The van der Waals surface area contributed by atoms with E-state index in [1.165, 1.54) is 0 Å². The Balaban J connectivity index is 2.16. The van der Waals surface area contributed by atoms with E-state index >= 15 is 0 Å². The summed E-state index contributed by atoms with van der Waals surface area (Å²) >= 11 is 0. The van der Waals surface area contributed by atoms with E-state index in [1.54, 1.807) is 24.3 Å². The summed E-state index contributed by atoms with van der Waals surface area (Å²) in [6.07, 6.45) is 2.71. The van der Waals surface area contributed by atoms with Gasteiger partial charge in [-0.15, -0.1) is 0 Å². The van der Waals surface area contributed by atoms with E-state index in [1.807, 2.05) is 93.5 Å². The first-order valence-electron chi connectivity index (χ1n) is 14.9. The topological polar surface area (TPSA) is 78.9 Å². The molecule has 0 bridgehead atoms. The van der Waals surface area contributed by atoms with Crippen LogP contribution in [-0.4, -0.2) is 42.0 Å². The van der Waals surface area contributed by atoms with Crippen molar-refractivity contribution in [1.82, 2.24) is 0 Å². The van der Waals surface area contributed by atoms with Gasteiger partial charge in [-0.2, -0.15) is 0 Å². The van der Waals surface area contributed by atoms with Crippen LogP contribution in [-0.2, 0) is 19.8 Å². The molecule has 2 unspecified atom stereocenters. The molecule has 0 saturated heterocycles. The Hall–Kier alpha value is -2.83. The molecule has 0 aromatic heterocycles. The smallest absolute Gasteiger partial charge is 0.338 e. The fraction of sp³-hybridized carbons (Fsp3) is 0.571. The van der Waals surface area contributed by atoms with Gasteiger partial charge in [0.05, 0.1) is 23.4 Å². The number of carbonyl (C=O) groups is 3. The van der Waals surface area contributed by atoms with Crippen LogP contribution in [0.15, 0.2) is 48.5 Å². The molecule has 2 atom stereocenters. The van der Waals surface area contributed by atoms with E-state index in [0.717, 1.165) is 18.4 Å². The molecule has 0 aliphatic rings. The number of hydrogen-bond donors (Lipinski definition) is 0. The Morgan fingerprint density at radius 1 is 0.610 bits per heavy atom. The largest absolute Gasteiger partial charge is 0.460 e. The van der Waals surface area contributed by atoms with Crippen LogP contribution in [0.3, 0.4) is 0 Å². The lowest BCUT2D eigenvalue weighted by Gasteiger charge is -2.39. The Morgan fingerprint density at radius 3 is 1.61 bits per heavy atom. The molecule has 41 heavy (non-hydrogen) atoms. The highest BCUT2D eigenvalue weighted by Gasteiger charge is 2.41. The minimum Gasteiger partial charge on any atom is -0.460 e. The molecule has 0 fully saturated rings. The number of hydrogen-bond acceptors (Lipinski definition) is 6. The summed E-state index contributed by atoms with van der Waals surface area (Å²) in [5.41, 5.74) is -0.131. The number of ketones is 2. The minimum absolute atomic E-state index is 0.111. The molecule has 0 aliphatic carbocycles. The summed E-state index contributed by atoms with van der Waals surface area (Å²) < 4.78 is 17.7. The van der Waals surface area contributed by atoms with Crippen molar-refractivity contribution < 1.29 is 28.6 Å². The maximum atomic E-state index is 13.7. The zero-order valence-corrected chi connectivity index (χ0v) is 26.8. The van der Waals surface area contributed by atoms with Gasteiger partial charge in [0.25, 0.3) is 0 Å². The summed E-state index contributed by atoms with van der Waals surface area (Å²) in [7, 11) is 0. The summed E-state index contributed by atoms with van der Waals surface area (Å²) in [4.78, 5) is 39.1. The molecule has 226 valence electrons. The lowest BCUT2D eigenvalue weighted by Crippen LogP contribution is -2.45. The lowest BCUT2D eigenvalue weighted by molar-refractivity contribution is -0.126. The van der Waals surface area contributed by atoms with Crippen molar-refractivity contribution >= 4 is 17.5 Å². The first-order valence-corrected chi connectivity index (χ1v) is 14.9. The summed E-state index contributed by atoms with van der Waals surface area (Å²) in [5.74, 6) is -0.508. The lowest BCUT2D eigenvalue weighted by atomic mass is 9.81. The van der Waals surface area contributed by atoms with Gasteiger partial charge in [-0.25, -0.2) is 4.79 Å². The Labute approximate surface area is 247 Å². The third kappa shape index (κ3) is 8.59. The predicted octanol–water partition coefficient (Wildman–Crippen LogP) is 8.36. The van der Waals surface area contributed by atoms with Gasteiger partial charge in [0.1, 0.15) is 12.2 Å².